The predicted molar refractivity (Wildman–Crippen MR) is 97.4 cm³/mol. The van der Waals surface area contributed by atoms with E-state index in [-0.39, 0.29) is 11.9 Å². The van der Waals surface area contributed by atoms with Crippen LogP contribution in [-0.4, -0.2) is 59.0 Å². The number of nitrogens with zero attached hydrogens (tertiary/aromatic N) is 3. The first-order chi connectivity index (χ1) is 12.1. The molecule has 6 nitrogen and oxygen atoms in total. The lowest BCUT2D eigenvalue weighted by molar-refractivity contribution is -0.0178. The lowest BCUT2D eigenvalue weighted by atomic mass is 10.1. The Hall–Kier alpha value is -2.18. The Balaban J connectivity index is 1.68. The molecule has 25 heavy (non-hydrogen) atoms. The van der Waals surface area contributed by atoms with Crippen molar-refractivity contribution in [3.63, 3.8) is 0 Å². The Kier molecular flexibility index (Phi) is 5.50. The molecule has 1 aliphatic heterocycles. The van der Waals surface area contributed by atoms with Gasteiger partial charge in [0.15, 0.2) is 0 Å². The Labute approximate surface area is 148 Å². The molecule has 0 spiro atoms. The molecule has 1 aromatic heterocycles. The minimum atomic E-state index is -0.0836. The molecule has 2 unspecified atom stereocenters. The van der Waals surface area contributed by atoms with E-state index in [0.717, 1.165) is 31.0 Å². The number of hydrogen-bond donors (Lipinski definition) is 1. The van der Waals surface area contributed by atoms with E-state index in [4.69, 9.17) is 4.74 Å². The number of rotatable bonds is 5. The van der Waals surface area contributed by atoms with Crippen LogP contribution in [0.1, 0.15) is 24.2 Å². The molecule has 1 fully saturated rings. The molecule has 1 saturated heterocycles. The second-order valence-corrected chi connectivity index (χ2v) is 6.62. The van der Waals surface area contributed by atoms with Gasteiger partial charge in [0.25, 0.3) is 5.91 Å². The van der Waals surface area contributed by atoms with E-state index in [1.807, 2.05) is 37.4 Å². The summed E-state index contributed by atoms with van der Waals surface area (Å²) in [5.74, 6) is -0.0836. The van der Waals surface area contributed by atoms with Crippen LogP contribution in [0.25, 0.3) is 11.3 Å². The molecule has 134 valence electrons. The summed E-state index contributed by atoms with van der Waals surface area (Å²) in [6, 6.07) is 10.5. The maximum Gasteiger partial charge on any atom is 0.255 e. The normalized spacial score (nSPS) is 19.6. The molecule has 2 aromatic rings. The first-order valence-electron chi connectivity index (χ1n) is 8.77. The zero-order chi connectivity index (χ0) is 17.8. The van der Waals surface area contributed by atoms with Gasteiger partial charge in [-0.2, -0.15) is 5.10 Å². The van der Waals surface area contributed by atoms with Crippen LogP contribution in [-0.2, 0) is 11.8 Å². The third-order valence-electron chi connectivity index (χ3n) is 4.77. The van der Waals surface area contributed by atoms with E-state index >= 15 is 0 Å². The number of amides is 1. The van der Waals surface area contributed by atoms with Crippen molar-refractivity contribution in [3.8, 4) is 11.3 Å². The highest BCUT2D eigenvalue weighted by Crippen LogP contribution is 2.22. The van der Waals surface area contributed by atoms with Crippen molar-refractivity contribution < 1.29 is 9.53 Å². The van der Waals surface area contributed by atoms with Crippen LogP contribution in [0, 0.1) is 0 Å². The van der Waals surface area contributed by atoms with Gasteiger partial charge >= 0.3 is 0 Å². The van der Waals surface area contributed by atoms with Crippen molar-refractivity contribution in [2.24, 2.45) is 7.05 Å². The third-order valence-corrected chi connectivity index (χ3v) is 4.77. The Morgan fingerprint density at radius 1 is 1.40 bits per heavy atom. The highest BCUT2D eigenvalue weighted by atomic mass is 16.5. The van der Waals surface area contributed by atoms with Crippen LogP contribution in [0.3, 0.4) is 0 Å². The minimum absolute atomic E-state index is 0.0836. The molecular weight excluding hydrogens is 316 g/mol. The van der Waals surface area contributed by atoms with Gasteiger partial charge in [0.2, 0.25) is 0 Å². The van der Waals surface area contributed by atoms with Gasteiger partial charge in [-0.25, -0.2) is 0 Å². The van der Waals surface area contributed by atoms with Gasteiger partial charge in [0, 0.05) is 37.8 Å². The molecule has 3 rings (SSSR count). The van der Waals surface area contributed by atoms with Crippen molar-refractivity contribution in [1.82, 2.24) is 20.0 Å². The number of hydrogen-bond acceptors (Lipinski definition) is 4. The van der Waals surface area contributed by atoms with Crippen molar-refractivity contribution in [3.05, 3.63) is 42.1 Å². The Morgan fingerprint density at radius 3 is 2.88 bits per heavy atom. The SMILES string of the molecule is CC(CNC(=O)c1cnn(C)c1-c1ccccc1)N1CCOCC1C. The molecule has 1 aliphatic rings. The molecule has 1 aromatic carbocycles. The van der Waals surface area contributed by atoms with Crippen molar-refractivity contribution >= 4 is 5.91 Å². The maximum absolute atomic E-state index is 12.7. The fourth-order valence-corrected chi connectivity index (χ4v) is 3.39. The molecule has 2 heterocycles. The Bertz CT molecular complexity index is 713. The molecule has 0 saturated carbocycles. The second kappa shape index (κ2) is 7.80. The zero-order valence-electron chi connectivity index (χ0n) is 15.1. The van der Waals surface area contributed by atoms with Gasteiger partial charge in [0.1, 0.15) is 0 Å². The highest BCUT2D eigenvalue weighted by molar-refractivity contribution is 5.99. The van der Waals surface area contributed by atoms with Crippen LogP contribution in [0.4, 0.5) is 0 Å². The molecule has 1 amide bonds. The van der Waals surface area contributed by atoms with Gasteiger partial charge < -0.3 is 10.1 Å². The summed E-state index contributed by atoms with van der Waals surface area (Å²) in [5, 5.41) is 7.34. The number of aryl methyl sites for hydroxylation is 1. The first kappa shape index (κ1) is 17.6. The summed E-state index contributed by atoms with van der Waals surface area (Å²) in [5.41, 5.74) is 2.43. The summed E-state index contributed by atoms with van der Waals surface area (Å²) in [7, 11) is 1.86. The van der Waals surface area contributed by atoms with Gasteiger partial charge in [-0.1, -0.05) is 30.3 Å². The van der Waals surface area contributed by atoms with Gasteiger partial charge in [0.05, 0.1) is 30.7 Å². The number of morpholine rings is 1. The van der Waals surface area contributed by atoms with E-state index in [9.17, 15) is 4.79 Å². The third kappa shape index (κ3) is 3.91. The average Bonchev–Trinajstić information content (AvgIpc) is 3.02. The number of nitrogens with one attached hydrogen (secondary N) is 1. The lowest BCUT2D eigenvalue weighted by Crippen LogP contribution is -2.51. The quantitative estimate of drug-likeness (QED) is 0.902. The molecule has 0 radical (unpaired) electrons. The number of benzene rings is 1. The van der Waals surface area contributed by atoms with E-state index in [1.54, 1.807) is 10.9 Å². The van der Waals surface area contributed by atoms with Crippen molar-refractivity contribution in [1.29, 1.82) is 0 Å². The number of aromatic nitrogens is 2. The van der Waals surface area contributed by atoms with Crippen molar-refractivity contribution in [2.75, 3.05) is 26.3 Å². The molecule has 1 N–H and O–H groups in total. The smallest absolute Gasteiger partial charge is 0.255 e. The van der Waals surface area contributed by atoms with Crippen LogP contribution in [0.5, 0.6) is 0 Å². The maximum atomic E-state index is 12.7. The summed E-state index contributed by atoms with van der Waals surface area (Å²) in [4.78, 5) is 15.1. The fraction of sp³-hybridized carbons (Fsp3) is 0.474. The van der Waals surface area contributed by atoms with Crippen molar-refractivity contribution in [2.45, 2.75) is 25.9 Å². The van der Waals surface area contributed by atoms with E-state index in [2.05, 4.69) is 29.2 Å². The highest BCUT2D eigenvalue weighted by Gasteiger charge is 2.24. The van der Waals surface area contributed by atoms with Gasteiger partial charge in [-0.3, -0.25) is 14.4 Å². The monoisotopic (exact) mass is 342 g/mol. The molecule has 0 aliphatic carbocycles. The van der Waals surface area contributed by atoms with E-state index < -0.39 is 0 Å². The summed E-state index contributed by atoms with van der Waals surface area (Å²) >= 11 is 0. The summed E-state index contributed by atoms with van der Waals surface area (Å²) in [6.07, 6.45) is 1.64. The minimum Gasteiger partial charge on any atom is -0.379 e. The Morgan fingerprint density at radius 2 is 2.16 bits per heavy atom. The fourth-order valence-electron chi connectivity index (χ4n) is 3.39. The standard InChI is InChI=1S/C19H26N4O2/c1-14(23-9-10-25-13-15(23)2)11-20-19(24)17-12-21-22(3)18(17)16-7-5-4-6-8-16/h4-8,12,14-15H,9-11,13H2,1-3H3,(H,20,24). The summed E-state index contributed by atoms with van der Waals surface area (Å²) < 4.78 is 7.23. The van der Waals surface area contributed by atoms with Crippen LogP contribution in [0.15, 0.2) is 36.5 Å². The number of ether oxygens (including phenoxy) is 1. The zero-order valence-corrected chi connectivity index (χ0v) is 15.1. The largest absolute Gasteiger partial charge is 0.379 e. The second-order valence-electron chi connectivity index (χ2n) is 6.62. The first-order valence-corrected chi connectivity index (χ1v) is 8.77. The van der Waals surface area contributed by atoms with Crippen LogP contribution in [0.2, 0.25) is 0 Å². The lowest BCUT2D eigenvalue weighted by Gasteiger charge is -2.37. The molecule has 6 heteroatoms. The van der Waals surface area contributed by atoms with E-state index in [1.165, 1.54) is 0 Å². The number of carbonyl (C=O) groups excluding carboxylic acids is 1. The predicted octanol–water partition coefficient (Wildman–Crippen LogP) is 1.93. The topological polar surface area (TPSA) is 59.4 Å². The average molecular weight is 342 g/mol. The molecular formula is C19H26N4O2. The summed E-state index contributed by atoms with van der Waals surface area (Å²) in [6.45, 7) is 7.31. The van der Waals surface area contributed by atoms with E-state index in [0.29, 0.717) is 18.2 Å². The van der Waals surface area contributed by atoms with Crippen LogP contribution >= 0.6 is 0 Å². The molecule has 0 bridgehead atoms. The molecule has 2 atom stereocenters. The number of carbonyl (C=O) groups is 1. The van der Waals surface area contributed by atoms with Gasteiger partial charge in [-0.15, -0.1) is 0 Å². The van der Waals surface area contributed by atoms with Crippen LogP contribution < -0.4 is 5.32 Å². The van der Waals surface area contributed by atoms with Gasteiger partial charge in [-0.05, 0) is 13.8 Å².